The summed E-state index contributed by atoms with van der Waals surface area (Å²) in [7, 11) is 0. The van der Waals surface area contributed by atoms with Crippen LogP contribution in [0.5, 0.6) is 0 Å². The second kappa shape index (κ2) is 5.75. The summed E-state index contributed by atoms with van der Waals surface area (Å²) < 4.78 is 7.95. The molecule has 0 saturated carbocycles. The van der Waals surface area contributed by atoms with Crippen molar-refractivity contribution in [3.05, 3.63) is 22.3 Å². The van der Waals surface area contributed by atoms with Gasteiger partial charge in [-0.25, -0.2) is 0 Å². The number of rotatable bonds is 2. The molecule has 0 atom stereocenters. The lowest BCUT2D eigenvalue weighted by molar-refractivity contribution is 0.0741. The van der Waals surface area contributed by atoms with Gasteiger partial charge in [-0.2, -0.15) is 9.64 Å². The van der Waals surface area contributed by atoms with Crippen molar-refractivity contribution in [2.75, 3.05) is 31.1 Å². The summed E-state index contributed by atoms with van der Waals surface area (Å²) in [6.45, 7) is 4.45. The second-order valence-electron chi connectivity index (χ2n) is 4.63. The smallest absolute Gasteiger partial charge is 0.275 e. The normalized spacial score (nSPS) is 15.0. The number of aryl methyl sites for hydroxylation is 1. The molecule has 0 aromatic carbocycles. The minimum Gasteiger partial charge on any atom is -0.358 e. The lowest BCUT2D eigenvalue weighted by Crippen LogP contribution is -2.48. The quantitative estimate of drug-likeness (QED) is 0.824. The van der Waals surface area contributed by atoms with Gasteiger partial charge in [-0.1, -0.05) is 4.49 Å². The van der Waals surface area contributed by atoms with Crippen LogP contribution in [0.4, 0.5) is 5.00 Å². The summed E-state index contributed by atoms with van der Waals surface area (Å²) in [5, 5.41) is 15.6. The van der Waals surface area contributed by atoms with Gasteiger partial charge < -0.3 is 9.80 Å². The summed E-state index contributed by atoms with van der Waals surface area (Å²) in [5.74, 6) is -0.0793. The maximum atomic E-state index is 12.2. The van der Waals surface area contributed by atoms with Gasteiger partial charge in [0, 0.05) is 31.6 Å². The summed E-state index contributed by atoms with van der Waals surface area (Å²) in [4.78, 5) is 16.1. The maximum absolute atomic E-state index is 12.2. The van der Waals surface area contributed by atoms with Crippen LogP contribution in [0.3, 0.4) is 0 Å². The van der Waals surface area contributed by atoms with Gasteiger partial charge in [0.1, 0.15) is 16.6 Å². The predicted octanol–water partition coefficient (Wildman–Crippen LogP) is 1.14. The molecule has 1 saturated heterocycles. The first kappa shape index (κ1) is 13.9. The van der Waals surface area contributed by atoms with Crippen molar-refractivity contribution < 1.29 is 4.79 Å². The third-order valence-corrected chi connectivity index (χ3v) is 4.89. The number of nitrogens with zero attached hydrogens (tertiary/aromatic N) is 6. The van der Waals surface area contributed by atoms with Gasteiger partial charge in [-0.05, 0) is 30.0 Å². The van der Waals surface area contributed by atoms with Crippen molar-refractivity contribution in [3.8, 4) is 6.07 Å². The molecule has 0 radical (unpaired) electrons. The third-order valence-electron chi connectivity index (χ3n) is 3.39. The molecule has 0 bridgehead atoms. The fourth-order valence-electron chi connectivity index (χ4n) is 2.23. The van der Waals surface area contributed by atoms with Gasteiger partial charge in [0.2, 0.25) is 0 Å². The number of piperazine rings is 1. The van der Waals surface area contributed by atoms with Crippen molar-refractivity contribution >= 4 is 34.0 Å². The van der Waals surface area contributed by atoms with E-state index in [4.69, 9.17) is 0 Å². The molecule has 21 heavy (non-hydrogen) atoms. The molecule has 108 valence electrons. The highest BCUT2D eigenvalue weighted by Crippen LogP contribution is 2.28. The topological polar surface area (TPSA) is 86.0 Å². The maximum Gasteiger partial charge on any atom is 0.275 e. The molecule has 3 rings (SSSR count). The van der Waals surface area contributed by atoms with Gasteiger partial charge in [0.25, 0.3) is 5.91 Å². The van der Waals surface area contributed by atoms with Gasteiger partial charge in [-0.3, -0.25) is 4.79 Å². The first-order chi connectivity index (χ1) is 10.2. The summed E-state index contributed by atoms with van der Waals surface area (Å²) in [6, 6.07) is 2.21. The zero-order valence-electron chi connectivity index (χ0n) is 11.3. The lowest BCUT2D eigenvalue weighted by atomic mass is 10.2. The summed E-state index contributed by atoms with van der Waals surface area (Å²) in [5.41, 5.74) is 1.81. The Labute approximate surface area is 129 Å². The average Bonchev–Trinajstić information content (AvgIpc) is 3.16. The van der Waals surface area contributed by atoms with E-state index in [1.165, 1.54) is 23.1 Å². The van der Waals surface area contributed by atoms with Gasteiger partial charge in [0.15, 0.2) is 5.69 Å². The number of aromatic nitrogens is 3. The Kier molecular flexibility index (Phi) is 3.81. The minimum absolute atomic E-state index is 0.0793. The number of carbonyl (C=O) groups excluding carboxylic acids is 1. The molecule has 9 heteroatoms. The van der Waals surface area contributed by atoms with E-state index >= 15 is 0 Å². The van der Waals surface area contributed by atoms with E-state index in [2.05, 4.69) is 24.9 Å². The SMILES string of the molecule is Cc1nsc(N2CCN(C(=O)c3csnn3)CC2)c1C#N. The standard InChI is InChI=1S/C12H12N6OS2/c1-8-9(6-13)12(21-15-8)18-4-2-17(3-5-18)11(19)10-7-20-16-14-10/h7H,2-5H2,1H3. The van der Waals surface area contributed by atoms with Crippen molar-refractivity contribution in [1.82, 2.24) is 18.9 Å². The highest BCUT2D eigenvalue weighted by atomic mass is 32.1. The molecule has 2 aromatic heterocycles. The van der Waals surface area contributed by atoms with Crippen LogP contribution in [0.15, 0.2) is 5.38 Å². The zero-order chi connectivity index (χ0) is 14.8. The number of carbonyl (C=O) groups is 1. The number of anilines is 1. The Morgan fingerprint density at radius 3 is 2.76 bits per heavy atom. The first-order valence-corrected chi connectivity index (χ1v) is 7.99. The summed E-state index contributed by atoms with van der Waals surface area (Å²) in [6.07, 6.45) is 0. The molecule has 3 heterocycles. The van der Waals surface area contributed by atoms with E-state index in [1.54, 1.807) is 10.3 Å². The first-order valence-electron chi connectivity index (χ1n) is 6.38. The molecule has 2 aromatic rings. The van der Waals surface area contributed by atoms with Crippen LogP contribution >= 0.6 is 23.1 Å². The van der Waals surface area contributed by atoms with Crippen LogP contribution < -0.4 is 4.90 Å². The Hall–Kier alpha value is -2.05. The number of amides is 1. The average molecular weight is 320 g/mol. The fourth-order valence-corrected chi connectivity index (χ4v) is 3.56. The molecular formula is C12H12N6OS2. The second-order valence-corrected chi connectivity index (χ2v) is 5.99. The van der Waals surface area contributed by atoms with E-state index in [0.29, 0.717) is 37.4 Å². The predicted molar refractivity (Wildman–Crippen MR) is 79.6 cm³/mol. The molecule has 1 fully saturated rings. The van der Waals surface area contributed by atoms with E-state index in [-0.39, 0.29) is 5.91 Å². The molecule has 1 aliphatic rings. The molecule has 7 nitrogen and oxygen atoms in total. The van der Waals surface area contributed by atoms with Crippen LogP contribution in [0.2, 0.25) is 0 Å². The van der Waals surface area contributed by atoms with Crippen LogP contribution in [-0.2, 0) is 0 Å². The molecule has 0 N–H and O–H groups in total. The van der Waals surface area contributed by atoms with Crippen LogP contribution in [0, 0.1) is 18.3 Å². The highest BCUT2D eigenvalue weighted by Gasteiger charge is 2.26. The van der Waals surface area contributed by atoms with Gasteiger partial charge in [0.05, 0.1) is 5.69 Å². The number of nitriles is 1. The van der Waals surface area contributed by atoms with Crippen molar-refractivity contribution in [2.45, 2.75) is 6.92 Å². The molecule has 0 aliphatic carbocycles. The highest BCUT2D eigenvalue weighted by molar-refractivity contribution is 7.10. The van der Waals surface area contributed by atoms with E-state index in [1.807, 2.05) is 6.92 Å². The van der Waals surface area contributed by atoms with E-state index < -0.39 is 0 Å². The van der Waals surface area contributed by atoms with Gasteiger partial charge >= 0.3 is 0 Å². The van der Waals surface area contributed by atoms with E-state index in [9.17, 15) is 10.1 Å². The van der Waals surface area contributed by atoms with Gasteiger partial charge in [-0.15, -0.1) is 5.10 Å². The van der Waals surface area contributed by atoms with Crippen molar-refractivity contribution in [3.63, 3.8) is 0 Å². The van der Waals surface area contributed by atoms with Crippen molar-refractivity contribution in [2.24, 2.45) is 0 Å². The third kappa shape index (κ3) is 2.59. The Bertz CT molecular complexity index is 681. The largest absolute Gasteiger partial charge is 0.358 e. The minimum atomic E-state index is -0.0793. The fraction of sp³-hybridized carbons (Fsp3) is 0.417. The Morgan fingerprint density at radius 1 is 1.38 bits per heavy atom. The lowest BCUT2D eigenvalue weighted by Gasteiger charge is -2.34. The number of hydrogen-bond acceptors (Lipinski definition) is 8. The molecule has 1 aliphatic heterocycles. The molecule has 0 spiro atoms. The van der Waals surface area contributed by atoms with Crippen LogP contribution in [-0.4, -0.2) is 50.9 Å². The molecule has 0 unspecified atom stereocenters. The van der Waals surface area contributed by atoms with Crippen LogP contribution in [0.1, 0.15) is 21.7 Å². The summed E-state index contributed by atoms with van der Waals surface area (Å²) >= 11 is 2.52. The van der Waals surface area contributed by atoms with E-state index in [0.717, 1.165) is 10.7 Å². The van der Waals surface area contributed by atoms with Crippen LogP contribution in [0.25, 0.3) is 0 Å². The number of hydrogen-bond donors (Lipinski definition) is 0. The monoisotopic (exact) mass is 320 g/mol. The Balaban J connectivity index is 1.68. The molecule has 1 amide bonds. The van der Waals surface area contributed by atoms with Crippen molar-refractivity contribution in [1.29, 1.82) is 5.26 Å². The molecular weight excluding hydrogens is 308 g/mol. The Morgan fingerprint density at radius 2 is 2.14 bits per heavy atom. The zero-order valence-corrected chi connectivity index (χ0v) is 12.9.